The Morgan fingerprint density at radius 3 is 0.917 bits per heavy atom. The van der Waals surface area contributed by atoms with Gasteiger partial charge in [0.25, 0.3) is 23.6 Å². The number of β-amino-alcohol motifs (C(OH)–C–C–N with tert-alkyl or cyclic N) is 2. The Balaban J connectivity index is 0.873. The molecule has 1 fully saturated rings. The third kappa shape index (κ3) is 11.3. The van der Waals surface area contributed by atoms with Gasteiger partial charge in [0.05, 0.1) is 46.5 Å². The smallest absolute Gasteiger partial charge is 0.262 e. The maximum atomic E-state index is 14.5. The summed E-state index contributed by atoms with van der Waals surface area (Å²) in [6.45, 7) is 2.51. The van der Waals surface area contributed by atoms with E-state index in [4.69, 9.17) is 0 Å². The van der Waals surface area contributed by atoms with Crippen LogP contribution in [0.3, 0.4) is 0 Å². The van der Waals surface area contributed by atoms with Crippen LogP contribution in [-0.4, -0.2) is 141 Å². The van der Waals surface area contributed by atoms with Gasteiger partial charge < -0.3 is 20.8 Å². The molecule has 4 N–H and O–H groups in total. The molecule has 0 unspecified atom stereocenters. The minimum atomic E-state index is -1.19. The van der Waals surface area contributed by atoms with Crippen molar-refractivity contribution in [2.75, 3.05) is 39.3 Å². The molecule has 9 rings (SSSR count). The lowest BCUT2D eigenvalue weighted by molar-refractivity contribution is -0.127. The summed E-state index contributed by atoms with van der Waals surface area (Å²) < 4.78 is 0. The maximum Gasteiger partial charge on any atom is 0.262 e. The number of amides is 6. The molecule has 3 aliphatic rings. The molecule has 14 nitrogen and oxygen atoms in total. The lowest BCUT2D eigenvalue weighted by Crippen LogP contribution is -2.59. The van der Waals surface area contributed by atoms with E-state index in [9.17, 15) is 39.0 Å². The van der Waals surface area contributed by atoms with Gasteiger partial charge in [-0.3, -0.25) is 48.4 Å². The molecule has 1 saturated heterocycles. The summed E-state index contributed by atoms with van der Waals surface area (Å²) in [5.74, 6) is -3.29. The second-order valence-electron chi connectivity index (χ2n) is 18.8. The van der Waals surface area contributed by atoms with Crippen molar-refractivity contribution >= 4 is 35.4 Å². The molecule has 0 saturated carbocycles. The molecule has 72 heavy (non-hydrogen) atoms. The van der Waals surface area contributed by atoms with Gasteiger partial charge in [-0.2, -0.15) is 0 Å². The van der Waals surface area contributed by atoms with Gasteiger partial charge in [0.15, 0.2) is 0 Å². The lowest BCUT2D eigenvalue weighted by atomic mass is 9.98. The molecule has 6 aromatic carbocycles. The zero-order valence-electron chi connectivity index (χ0n) is 39.8. The predicted octanol–water partition coefficient (Wildman–Crippen LogP) is 4.60. The Morgan fingerprint density at radius 1 is 0.389 bits per heavy atom. The molecule has 6 aromatic rings. The second-order valence-corrected chi connectivity index (χ2v) is 18.8. The van der Waals surface area contributed by atoms with Crippen molar-refractivity contribution in [2.45, 2.75) is 62.1 Å². The average molecular weight is 967 g/mol. The normalized spacial score (nSPS) is 17.4. The van der Waals surface area contributed by atoms with Gasteiger partial charge in [-0.25, -0.2) is 0 Å². The van der Waals surface area contributed by atoms with E-state index in [1.54, 1.807) is 48.5 Å². The van der Waals surface area contributed by atoms with E-state index in [-0.39, 0.29) is 61.0 Å². The number of imide groups is 2. The van der Waals surface area contributed by atoms with Gasteiger partial charge in [0.1, 0.15) is 12.1 Å². The van der Waals surface area contributed by atoms with E-state index < -0.39 is 71.8 Å². The van der Waals surface area contributed by atoms with E-state index in [0.717, 1.165) is 32.1 Å². The fraction of sp³-hybridized carbons (Fsp3) is 0.276. The third-order valence-corrected chi connectivity index (χ3v) is 14.0. The molecule has 0 spiro atoms. The number of piperazine rings is 1. The molecule has 6 amide bonds. The molecule has 0 aliphatic carbocycles. The molecular formula is C58H58N6O8. The van der Waals surface area contributed by atoms with E-state index in [2.05, 4.69) is 20.4 Å². The quantitative estimate of drug-likeness (QED) is 0.0791. The Labute approximate surface area is 418 Å². The molecule has 14 heteroatoms. The summed E-state index contributed by atoms with van der Waals surface area (Å²) in [5, 5.41) is 30.2. The largest absolute Gasteiger partial charge is 0.390 e. The fourth-order valence-electron chi connectivity index (χ4n) is 10.1. The molecule has 0 aromatic heterocycles. The SMILES string of the molecule is O=C(N[C@H](Cc1ccccc1)[C@@H](O)CN1CCN(C[C@H](O)[C@@H](Cc2ccccc2)NC(=O)[C@@H](Cc2ccccc2)N2C(=O)c3ccccc3C2=O)CC1)[C@@H](Cc1ccccc1)N1C(=O)c2ccccc2C1=O. The molecule has 6 atom stereocenters. The van der Waals surface area contributed by atoms with Crippen LogP contribution >= 0.6 is 0 Å². The first kappa shape index (κ1) is 49.4. The molecule has 0 radical (unpaired) electrons. The van der Waals surface area contributed by atoms with E-state index in [1.807, 2.05) is 121 Å². The summed E-state index contributed by atoms with van der Waals surface area (Å²) >= 11 is 0. The standard InChI is InChI=1S/C58H58N6O8/c65-51(47(33-39-17-5-1-6-18-39)59-53(67)49(35-41-21-9-3-10-22-41)63-55(69)43-25-13-14-26-44(43)56(63)70)37-61-29-31-62(32-30-61)38-52(66)48(34-40-19-7-2-8-20-40)60-54(68)50(36-42-23-11-4-12-24-42)64-57(71)45-27-15-16-28-46(45)58(64)72/h1-28,47-52,65-66H,29-38H2,(H,59,67)(H,60,68)/t47-,48-,49-,50-,51+,52+/m1/s1. The van der Waals surface area contributed by atoms with Gasteiger partial charge in [0.2, 0.25) is 11.8 Å². The number of rotatable bonds is 20. The fourth-order valence-corrected chi connectivity index (χ4v) is 10.1. The van der Waals surface area contributed by atoms with E-state index >= 15 is 0 Å². The number of nitrogens with zero attached hydrogens (tertiary/aromatic N) is 4. The zero-order chi connectivity index (χ0) is 50.1. The van der Waals surface area contributed by atoms with Crippen molar-refractivity contribution < 1.29 is 39.0 Å². The van der Waals surface area contributed by atoms with Crippen LogP contribution in [-0.2, 0) is 35.3 Å². The highest BCUT2D eigenvalue weighted by atomic mass is 16.3. The first-order chi connectivity index (χ1) is 35.0. The van der Waals surface area contributed by atoms with E-state index in [0.29, 0.717) is 26.2 Å². The van der Waals surface area contributed by atoms with Crippen molar-refractivity contribution in [1.82, 2.24) is 30.2 Å². The van der Waals surface area contributed by atoms with Crippen LogP contribution in [0.25, 0.3) is 0 Å². The summed E-state index contributed by atoms with van der Waals surface area (Å²) in [7, 11) is 0. The van der Waals surface area contributed by atoms with Crippen LogP contribution in [0.5, 0.6) is 0 Å². The zero-order valence-corrected chi connectivity index (χ0v) is 39.8. The minimum absolute atomic E-state index is 0.0802. The number of carbonyl (C=O) groups excluding carboxylic acids is 6. The number of benzene rings is 6. The maximum absolute atomic E-state index is 14.5. The van der Waals surface area contributed by atoms with Crippen molar-refractivity contribution in [2.24, 2.45) is 0 Å². The number of hydrogen-bond donors (Lipinski definition) is 4. The van der Waals surface area contributed by atoms with Crippen LogP contribution in [0.2, 0.25) is 0 Å². The first-order valence-corrected chi connectivity index (χ1v) is 24.5. The highest BCUT2D eigenvalue weighted by Crippen LogP contribution is 2.28. The number of aliphatic hydroxyl groups is 2. The molecule has 3 heterocycles. The number of fused-ring (bicyclic) bond motifs is 2. The molecular weight excluding hydrogens is 909 g/mol. The van der Waals surface area contributed by atoms with Crippen LogP contribution in [0.15, 0.2) is 170 Å². The van der Waals surface area contributed by atoms with Crippen molar-refractivity contribution in [3.8, 4) is 0 Å². The van der Waals surface area contributed by atoms with Gasteiger partial charge >= 0.3 is 0 Å². The van der Waals surface area contributed by atoms with Crippen molar-refractivity contribution in [1.29, 1.82) is 0 Å². The van der Waals surface area contributed by atoms with Gasteiger partial charge in [0, 0.05) is 52.1 Å². The highest BCUT2D eigenvalue weighted by molar-refractivity contribution is 6.23. The Kier molecular flexibility index (Phi) is 15.5. The van der Waals surface area contributed by atoms with Gasteiger partial charge in [-0.05, 0) is 59.4 Å². The first-order valence-electron chi connectivity index (χ1n) is 24.5. The Hall–Kier alpha value is -7.62. The van der Waals surface area contributed by atoms with Gasteiger partial charge in [-0.1, -0.05) is 146 Å². The topological polar surface area (TPSA) is 180 Å². The number of carbonyl (C=O) groups is 6. The Bertz CT molecular complexity index is 2610. The summed E-state index contributed by atoms with van der Waals surface area (Å²) in [5.41, 5.74) is 4.25. The lowest BCUT2D eigenvalue weighted by Gasteiger charge is -2.39. The van der Waals surface area contributed by atoms with Crippen molar-refractivity contribution in [3.05, 3.63) is 214 Å². The van der Waals surface area contributed by atoms with Crippen LogP contribution < -0.4 is 10.6 Å². The van der Waals surface area contributed by atoms with E-state index in [1.165, 1.54) is 0 Å². The average Bonchev–Trinajstić information content (AvgIpc) is 3.81. The number of hydrogen-bond acceptors (Lipinski definition) is 10. The third-order valence-electron chi connectivity index (χ3n) is 14.0. The van der Waals surface area contributed by atoms with Gasteiger partial charge in [-0.15, -0.1) is 0 Å². The molecule has 0 bridgehead atoms. The highest BCUT2D eigenvalue weighted by Gasteiger charge is 2.45. The summed E-state index contributed by atoms with van der Waals surface area (Å²) in [4.78, 5) is 90.5. The number of nitrogens with one attached hydrogen (secondary N) is 2. The summed E-state index contributed by atoms with van der Waals surface area (Å²) in [6.07, 6.45) is -1.38. The molecule has 3 aliphatic heterocycles. The van der Waals surface area contributed by atoms with Crippen LogP contribution in [0.1, 0.15) is 63.7 Å². The minimum Gasteiger partial charge on any atom is -0.390 e. The summed E-state index contributed by atoms with van der Waals surface area (Å²) in [6, 6.07) is 46.6. The second kappa shape index (κ2) is 22.6. The van der Waals surface area contributed by atoms with Crippen LogP contribution in [0.4, 0.5) is 0 Å². The Morgan fingerprint density at radius 2 is 0.639 bits per heavy atom. The van der Waals surface area contributed by atoms with Crippen molar-refractivity contribution in [3.63, 3.8) is 0 Å². The predicted molar refractivity (Wildman–Crippen MR) is 271 cm³/mol. The molecule has 368 valence electrons. The number of aliphatic hydroxyl groups excluding tert-OH is 2. The van der Waals surface area contributed by atoms with Crippen LogP contribution in [0, 0.1) is 0 Å². The monoisotopic (exact) mass is 966 g/mol.